The monoisotopic (exact) mass is 466 g/mol. The summed E-state index contributed by atoms with van der Waals surface area (Å²) >= 11 is 0. The highest BCUT2D eigenvalue weighted by Gasteiger charge is 2.30. The van der Waals surface area contributed by atoms with Gasteiger partial charge < -0.3 is 10.1 Å². The maximum absolute atomic E-state index is 14.3. The van der Waals surface area contributed by atoms with Crippen LogP contribution >= 0.6 is 0 Å². The average Bonchev–Trinajstić information content (AvgIpc) is 2.80. The van der Waals surface area contributed by atoms with E-state index in [0.29, 0.717) is 32.5 Å². The van der Waals surface area contributed by atoms with E-state index in [0.717, 1.165) is 43.9 Å². The van der Waals surface area contributed by atoms with Crippen molar-refractivity contribution < 1.29 is 27.1 Å². The van der Waals surface area contributed by atoms with Crippen LogP contribution in [0.4, 0.5) is 4.39 Å². The molecule has 0 radical (unpaired) electrons. The summed E-state index contributed by atoms with van der Waals surface area (Å²) in [5, 5.41) is 2.75. The van der Waals surface area contributed by atoms with Crippen LogP contribution in [0.15, 0.2) is 34.7 Å². The van der Waals surface area contributed by atoms with Crippen LogP contribution in [0, 0.1) is 5.82 Å². The lowest BCUT2D eigenvalue weighted by atomic mass is 9.97. The summed E-state index contributed by atoms with van der Waals surface area (Å²) in [4.78, 5) is 24.2. The average molecular weight is 467 g/mol. The second-order valence-corrected chi connectivity index (χ2v) is 10.2. The zero-order valence-electron chi connectivity index (χ0n) is 18.4. The van der Waals surface area contributed by atoms with Gasteiger partial charge in [-0.3, -0.25) is 4.79 Å². The molecule has 1 amide bonds. The molecule has 3 rings (SSSR count). The SMILES string of the molecule is C[C@H](OC(=O)c1ccc(F)c(S(=O)(=O)N2CCCCC2)c1)C(=O)NCCC1=CCCCC1. The largest absolute Gasteiger partial charge is 0.449 e. The highest BCUT2D eigenvalue weighted by molar-refractivity contribution is 7.89. The molecular weight excluding hydrogens is 435 g/mol. The standard InChI is InChI=1S/C23H31FN2O5S/c1-17(22(27)25-13-12-18-8-4-2-5-9-18)31-23(28)19-10-11-20(24)21(16-19)32(29,30)26-14-6-3-7-15-26/h8,10-11,16-17H,2-7,9,12-15H2,1H3,(H,25,27)/t17-/m0/s1. The molecule has 176 valence electrons. The van der Waals surface area contributed by atoms with E-state index >= 15 is 0 Å². The van der Waals surface area contributed by atoms with Gasteiger partial charge in [0.05, 0.1) is 5.56 Å². The van der Waals surface area contributed by atoms with Crippen molar-refractivity contribution in [2.45, 2.75) is 69.3 Å². The van der Waals surface area contributed by atoms with Crippen LogP contribution in [0.25, 0.3) is 0 Å². The molecule has 1 aliphatic carbocycles. The molecule has 0 aromatic heterocycles. The Bertz CT molecular complexity index is 971. The van der Waals surface area contributed by atoms with Crippen molar-refractivity contribution in [3.8, 4) is 0 Å². The second-order valence-electron chi connectivity index (χ2n) is 8.31. The minimum Gasteiger partial charge on any atom is -0.449 e. The van der Waals surface area contributed by atoms with E-state index in [1.807, 2.05) is 0 Å². The lowest BCUT2D eigenvalue weighted by Gasteiger charge is -2.26. The summed E-state index contributed by atoms with van der Waals surface area (Å²) in [6.45, 7) is 2.55. The quantitative estimate of drug-likeness (QED) is 0.467. The number of nitrogens with zero attached hydrogens (tertiary/aromatic N) is 1. The molecule has 32 heavy (non-hydrogen) atoms. The predicted molar refractivity (Wildman–Crippen MR) is 118 cm³/mol. The van der Waals surface area contributed by atoms with Gasteiger partial charge in [0.1, 0.15) is 10.7 Å². The van der Waals surface area contributed by atoms with Crippen LogP contribution in [-0.2, 0) is 19.6 Å². The molecule has 1 fully saturated rings. The Morgan fingerprint density at radius 2 is 1.91 bits per heavy atom. The first-order valence-electron chi connectivity index (χ1n) is 11.3. The first-order chi connectivity index (χ1) is 15.3. The molecule has 0 saturated carbocycles. The van der Waals surface area contributed by atoms with Gasteiger partial charge in [0, 0.05) is 19.6 Å². The minimum atomic E-state index is -4.05. The normalized spacial score (nSPS) is 18.5. The molecule has 9 heteroatoms. The lowest BCUT2D eigenvalue weighted by molar-refractivity contribution is -0.129. The van der Waals surface area contributed by atoms with Gasteiger partial charge in [0.25, 0.3) is 5.91 Å². The number of rotatable bonds is 8. The number of halogens is 1. The van der Waals surface area contributed by atoms with Crippen LogP contribution in [-0.4, -0.2) is 50.3 Å². The Labute approximate surface area is 189 Å². The number of nitrogens with one attached hydrogen (secondary N) is 1. The highest BCUT2D eigenvalue weighted by Crippen LogP contribution is 2.24. The van der Waals surface area contributed by atoms with E-state index < -0.39 is 38.7 Å². The molecule has 2 aliphatic rings. The molecule has 0 unspecified atom stereocenters. The van der Waals surface area contributed by atoms with Crippen molar-refractivity contribution in [2.24, 2.45) is 0 Å². The summed E-state index contributed by atoms with van der Waals surface area (Å²) in [6.07, 6.45) is 8.77. The highest BCUT2D eigenvalue weighted by atomic mass is 32.2. The van der Waals surface area contributed by atoms with Crippen LogP contribution < -0.4 is 5.32 Å². The number of allylic oxidation sites excluding steroid dienone is 1. The third-order valence-electron chi connectivity index (χ3n) is 5.88. The number of amides is 1. The van der Waals surface area contributed by atoms with Gasteiger partial charge in [-0.1, -0.05) is 18.1 Å². The van der Waals surface area contributed by atoms with E-state index in [9.17, 15) is 22.4 Å². The molecule has 0 bridgehead atoms. The molecule has 1 aromatic rings. The fourth-order valence-electron chi connectivity index (χ4n) is 3.98. The summed E-state index contributed by atoms with van der Waals surface area (Å²) in [5.41, 5.74) is 1.21. The van der Waals surface area contributed by atoms with Gasteiger partial charge in [-0.15, -0.1) is 0 Å². The number of sulfonamides is 1. The maximum Gasteiger partial charge on any atom is 0.338 e. The Balaban J connectivity index is 1.60. The maximum atomic E-state index is 14.3. The second kappa shape index (κ2) is 11.0. The summed E-state index contributed by atoms with van der Waals surface area (Å²) in [7, 11) is -4.05. The first kappa shape index (κ1) is 24.4. The number of carbonyl (C=O) groups excluding carboxylic acids is 2. The van der Waals surface area contributed by atoms with E-state index in [4.69, 9.17) is 4.74 Å². The predicted octanol–water partition coefficient (Wildman–Crippen LogP) is 3.55. The van der Waals surface area contributed by atoms with Crippen molar-refractivity contribution in [1.29, 1.82) is 0 Å². The van der Waals surface area contributed by atoms with Crippen LogP contribution in [0.3, 0.4) is 0 Å². The van der Waals surface area contributed by atoms with Crippen LogP contribution in [0.1, 0.15) is 68.6 Å². The Hall–Kier alpha value is -2.26. The van der Waals surface area contributed by atoms with Gasteiger partial charge in [-0.25, -0.2) is 17.6 Å². The van der Waals surface area contributed by atoms with Crippen molar-refractivity contribution in [3.05, 3.63) is 41.2 Å². The van der Waals surface area contributed by atoms with Crippen molar-refractivity contribution >= 4 is 21.9 Å². The van der Waals surface area contributed by atoms with Crippen LogP contribution in [0.2, 0.25) is 0 Å². The van der Waals surface area contributed by atoms with E-state index in [1.165, 1.54) is 29.6 Å². The number of benzene rings is 1. The molecule has 1 aromatic carbocycles. The van der Waals surface area contributed by atoms with Gasteiger partial charge in [0.2, 0.25) is 10.0 Å². The van der Waals surface area contributed by atoms with Gasteiger partial charge >= 0.3 is 5.97 Å². The third-order valence-corrected chi connectivity index (χ3v) is 7.80. The fourth-order valence-corrected chi connectivity index (χ4v) is 5.58. The smallest absolute Gasteiger partial charge is 0.338 e. The number of esters is 1. The van der Waals surface area contributed by atoms with E-state index in [1.54, 1.807) is 0 Å². The molecule has 1 saturated heterocycles. The number of carbonyl (C=O) groups is 2. The van der Waals surface area contributed by atoms with Crippen LogP contribution in [0.5, 0.6) is 0 Å². The summed E-state index contributed by atoms with van der Waals surface area (Å²) in [5.74, 6) is -2.23. The molecule has 1 atom stereocenters. The van der Waals surface area contributed by atoms with Crippen molar-refractivity contribution in [2.75, 3.05) is 19.6 Å². The molecular formula is C23H31FN2O5S. The first-order valence-corrected chi connectivity index (χ1v) is 12.7. The number of hydrogen-bond donors (Lipinski definition) is 1. The number of piperidine rings is 1. The number of ether oxygens (including phenoxy) is 1. The van der Waals surface area contributed by atoms with Gasteiger partial charge in [0.15, 0.2) is 6.10 Å². The molecule has 1 N–H and O–H groups in total. The lowest BCUT2D eigenvalue weighted by Crippen LogP contribution is -2.37. The zero-order chi connectivity index (χ0) is 23.1. The zero-order valence-corrected chi connectivity index (χ0v) is 19.3. The Morgan fingerprint density at radius 3 is 2.59 bits per heavy atom. The molecule has 0 spiro atoms. The van der Waals surface area contributed by atoms with E-state index in [2.05, 4.69) is 11.4 Å². The molecule has 1 heterocycles. The fraction of sp³-hybridized carbons (Fsp3) is 0.565. The van der Waals surface area contributed by atoms with Crippen molar-refractivity contribution in [3.63, 3.8) is 0 Å². The molecule has 1 aliphatic heterocycles. The summed E-state index contributed by atoms with van der Waals surface area (Å²) < 4.78 is 46.4. The molecule has 7 nitrogen and oxygen atoms in total. The van der Waals surface area contributed by atoms with Gasteiger partial charge in [-0.05, 0) is 70.1 Å². The minimum absolute atomic E-state index is 0.117. The Morgan fingerprint density at radius 1 is 1.16 bits per heavy atom. The topological polar surface area (TPSA) is 92.8 Å². The Kier molecular flexibility index (Phi) is 8.42. The summed E-state index contributed by atoms with van der Waals surface area (Å²) in [6, 6.07) is 3.09. The number of hydrogen-bond acceptors (Lipinski definition) is 5. The van der Waals surface area contributed by atoms with Crippen molar-refractivity contribution in [1.82, 2.24) is 9.62 Å². The van der Waals surface area contributed by atoms with E-state index in [-0.39, 0.29) is 5.56 Å². The third kappa shape index (κ3) is 6.16. The van der Waals surface area contributed by atoms with Gasteiger partial charge in [-0.2, -0.15) is 4.31 Å².